The van der Waals surface area contributed by atoms with Crippen LogP contribution in [-0.4, -0.2) is 31.3 Å². The molecule has 0 bridgehead atoms. The van der Waals surface area contributed by atoms with Crippen molar-refractivity contribution in [1.82, 2.24) is 10.6 Å². The minimum absolute atomic E-state index is 0.183. The third-order valence-corrected chi connectivity index (χ3v) is 4.37. The molecule has 1 aliphatic carbocycles. The molecule has 0 atom stereocenters. The zero-order valence-corrected chi connectivity index (χ0v) is 13.1. The SMILES string of the molecule is CN=C(NCCCSc1ccc(F)cc1)NC1CC=CC1. The number of rotatable bonds is 6. The molecular formula is C16H22FN3S. The molecule has 0 spiro atoms. The standard InChI is InChI=1S/C16H22FN3S/c1-18-16(20-14-5-2-3-6-14)19-11-4-12-21-15-9-7-13(17)8-10-15/h2-3,7-10,14H,4-6,11-12H2,1H3,(H2,18,19,20). The topological polar surface area (TPSA) is 36.4 Å². The van der Waals surface area contributed by atoms with Crippen molar-refractivity contribution in [2.24, 2.45) is 4.99 Å². The molecule has 0 saturated heterocycles. The van der Waals surface area contributed by atoms with Crippen molar-refractivity contribution in [2.45, 2.75) is 30.2 Å². The molecule has 1 aromatic carbocycles. The number of aliphatic imine (C=N–C) groups is 1. The van der Waals surface area contributed by atoms with Crippen LogP contribution in [0.25, 0.3) is 0 Å². The molecule has 0 unspecified atom stereocenters. The van der Waals surface area contributed by atoms with Gasteiger partial charge in [-0.1, -0.05) is 12.2 Å². The lowest BCUT2D eigenvalue weighted by atomic mass is 10.2. The Morgan fingerprint density at radius 1 is 1.29 bits per heavy atom. The highest BCUT2D eigenvalue weighted by atomic mass is 32.2. The van der Waals surface area contributed by atoms with Gasteiger partial charge in [-0.25, -0.2) is 4.39 Å². The fourth-order valence-corrected chi connectivity index (χ4v) is 2.98. The van der Waals surface area contributed by atoms with Gasteiger partial charge in [-0.05, 0) is 49.3 Å². The maximum absolute atomic E-state index is 12.8. The smallest absolute Gasteiger partial charge is 0.191 e. The van der Waals surface area contributed by atoms with Crippen molar-refractivity contribution in [3.8, 4) is 0 Å². The van der Waals surface area contributed by atoms with Crippen LogP contribution in [0.4, 0.5) is 4.39 Å². The van der Waals surface area contributed by atoms with Gasteiger partial charge < -0.3 is 10.6 Å². The summed E-state index contributed by atoms with van der Waals surface area (Å²) in [6, 6.07) is 7.12. The van der Waals surface area contributed by atoms with E-state index in [1.54, 1.807) is 18.8 Å². The second kappa shape index (κ2) is 8.72. The number of nitrogens with zero attached hydrogens (tertiary/aromatic N) is 1. The third-order valence-electron chi connectivity index (χ3n) is 3.27. The molecule has 1 aliphatic rings. The number of nitrogens with one attached hydrogen (secondary N) is 2. The molecule has 3 nitrogen and oxygen atoms in total. The average Bonchev–Trinajstić information content (AvgIpc) is 3.00. The zero-order valence-electron chi connectivity index (χ0n) is 12.3. The molecule has 1 aromatic rings. The van der Waals surface area contributed by atoms with E-state index >= 15 is 0 Å². The van der Waals surface area contributed by atoms with Gasteiger partial charge in [0.2, 0.25) is 0 Å². The largest absolute Gasteiger partial charge is 0.356 e. The minimum atomic E-state index is -0.183. The molecule has 0 heterocycles. The number of guanidine groups is 1. The van der Waals surface area contributed by atoms with Crippen molar-refractivity contribution in [3.05, 3.63) is 42.2 Å². The summed E-state index contributed by atoms with van der Waals surface area (Å²) < 4.78 is 12.8. The lowest BCUT2D eigenvalue weighted by molar-refractivity contribution is 0.626. The predicted molar refractivity (Wildman–Crippen MR) is 88.4 cm³/mol. The van der Waals surface area contributed by atoms with Gasteiger partial charge in [0, 0.05) is 24.5 Å². The van der Waals surface area contributed by atoms with Gasteiger partial charge in [-0.15, -0.1) is 11.8 Å². The van der Waals surface area contributed by atoms with Crippen molar-refractivity contribution in [1.29, 1.82) is 0 Å². The fraction of sp³-hybridized carbons (Fsp3) is 0.438. The van der Waals surface area contributed by atoms with Crippen LogP contribution in [0.3, 0.4) is 0 Å². The molecule has 2 rings (SSSR count). The fourth-order valence-electron chi connectivity index (χ4n) is 2.12. The second-order valence-electron chi connectivity index (χ2n) is 4.94. The summed E-state index contributed by atoms with van der Waals surface area (Å²) in [4.78, 5) is 5.34. The van der Waals surface area contributed by atoms with Crippen molar-refractivity contribution >= 4 is 17.7 Å². The van der Waals surface area contributed by atoms with Crippen LogP contribution < -0.4 is 10.6 Å². The first-order valence-electron chi connectivity index (χ1n) is 7.28. The van der Waals surface area contributed by atoms with Gasteiger partial charge in [-0.3, -0.25) is 4.99 Å². The van der Waals surface area contributed by atoms with Crippen LogP contribution in [0.15, 0.2) is 46.3 Å². The van der Waals surface area contributed by atoms with E-state index < -0.39 is 0 Å². The summed E-state index contributed by atoms with van der Waals surface area (Å²) in [5.41, 5.74) is 0. The Kier molecular flexibility index (Phi) is 6.60. The number of halogens is 1. The van der Waals surface area contributed by atoms with Gasteiger partial charge in [0.05, 0.1) is 0 Å². The van der Waals surface area contributed by atoms with Gasteiger partial charge in [0.15, 0.2) is 5.96 Å². The zero-order chi connectivity index (χ0) is 14.9. The average molecular weight is 307 g/mol. The summed E-state index contributed by atoms with van der Waals surface area (Å²) in [6.45, 7) is 0.883. The van der Waals surface area contributed by atoms with E-state index in [0.29, 0.717) is 6.04 Å². The molecule has 0 radical (unpaired) electrons. The Labute approximate surface area is 130 Å². The lowest BCUT2D eigenvalue weighted by Crippen LogP contribution is -2.42. The van der Waals surface area contributed by atoms with E-state index in [0.717, 1.165) is 42.4 Å². The number of hydrogen-bond acceptors (Lipinski definition) is 2. The highest BCUT2D eigenvalue weighted by Gasteiger charge is 2.10. The first kappa shape index (κ1) is 15.9. The van der Waals surface area contributed by atoms with Crippen LogP contribution in [0.5, 0.6) is 0 Å². The number of thioether (sulfide) groups is 1. The minimum Gasteiger partial charge on any atom is -0.356 e. The Bertz CT molecular complexity index is 477. The highest BCUT2D eigenvalue weighted by molar-refractivity contribution is 7.99. The molecule has 0 amide bonds. The molecule has 5 heteroatoms. The second-order valence-corrected chi connectivity index (χ2v) is 6.11. The third kappa shape index (κ3) is 5.79. The van der Waals surface area contributed by atoms with Crippen LogP contribution in [0.2, 0.25) is 0 Å². The summed E-state index contributed by atoms with van der Waals surface area (Å²) in [5.74, 6) is 1.69. The first-order chi connectivity index (χ1) is 10.3. The molecule has 21 heavy (non-hydrogen) atoms. The van der Waals surface area contributed by atoms with E-state index in [1.165, 1.54) is 12.1 Å². The molecule has 2 N–H and O–H groups in total. The molecular weight excluding hydrogens is 285 g/mol. The van der Waals surface area contributed by atoms with Gasteiger partial charge in [0.1, 0.15) is 5.82 Å². The van der Waals surface area contributed by atoms with E-state index in [1.807, 2.05) is 12.1 Å². The van der Waals surface area contributed by atoms with Crippen LogP contribution in [-0.2, 0) is 0 Å². The van der Waals surface area contributed by atoms with Crippen LogP contribution >= 0.6 is 11.8 Å². The van der Waals surface area contributed by atoms with Gasteiger partial charge >= 0.3 is 0 Å². The lowest BCUT2D eigenvalue weighted by Gasteiger charge is -2.16. The Hall–Kier alpha value is -1.49. The van der Waals surface area contributed by atoms with Crippen LogP contribution in [0, 0.1) is 5.82 Å². The first-order valence-corrected chi connectivity index (χ1v) is 8.27. The molecule has 0 aromatic heterocycles. The van der Waals surface area contributed by atoms with Crippen molar-refractivity contribution < 1.29 is 4.39 Å². The van der Waals surface area contributed by atoms with Crippen molar-refractivity contribution in [2.75, 3.05) is 19.3 Å². The highest BCUT2D eigenvalue weighted by Crippen LogP contribution is 2.18. The quantitative estimate of drug-likeness (QED) is 0.279. The number of benzene rings is 1. The van der Waals surface area contributed by atoms with E-state index in [-0.39, 0.29) is 5.82 Å². The summed E-state index contributed by atoms with van der Waals surface area (Å²) in [6.07, 6.45) is 7.57. The summed E-state index contributed by atoms with van der Waals surface area (Å²) >= 11 is 1.74. The van der Waals surface area contributed by atoms with E-state index in [2.05, 4.69) is 27.8 Å². The van der Waals surface area contributed by atoms with Gasteiger partial charge in [-0.2, -0.15) is 0 Å². The predicted octanol–water partition coefficient (Wildman–Crippen LogP) is 3.19. The van der Waals surface area contributed by atoms with E-state index in [4.69, 9.17) is 0 Å². The molecule has 0 aliphatic heterocycles. The molecule has 114 valence electrons. The Morgan fingerprint density at radius 2 is 2.00 bits per heavy atom. The van der Waals surface area contributed by atoms with Crippen LogP contribution in [0.1, 0.15) is 19.3 Å². The summed E-state index contributed by atoms with van der Waals surface area (Å²) in [5, 5.41) is 6.74. The van der Waals surface area contributed by atoms with E-state index in [9.17, 15) is 4.39 Å². The Balaban J connectivity index is 1.58. The van der Waals surface area contributed by atoms with Gasteiger partial charge in [0.25, 0.3) is 0 Å². The van der Waals surface area contributed by atoms with Crippen molar-refractivity contribution in [3.63, 3.8) is 0 Å². The number of hydrogen-bond donors (Lipinski definition) is 2. The normalized spacial score (nSPS) is 15.4. The maximum Gasteiger partial charge on any atom is 0.191 e. The molecule has 0 saturated carbocycles. The monoisotopic (exact) mass is 307 g/mol. The molecule has 0 fully saturated rings. The Morgan fingerprint density at radius 3 is 2.67 bits per heavy atom. The summed E-state index contributed by atoms with van der Waals surface area (Å²) in [7, 11) is 1.80. The maximum atomic E-state index is 12.8.